The van der Waals surface area contributed by atoms with Crippen LogP contribution in [0.2, 0.25) is 0 Å². The van der Waals surface area contributed by atoms with Gasteiger partial charge in [-0.05, 0) is 20.3 Å². The third kappa shape index (κ3) is 5.53. The number of carbonyl (C=O) groups excluding carboxylic acids is 2. The smallest absolute Gasteiger partial charge is 0.239 e. The molecule has 4 N–H and O–H groups in total. The molecule has 0 aromatic rings. The second-order valence-corrected chi connectivity index (χ2v) is 3.45. The van der Waals surface area contributed by atoms with Crippen molar-refractivity contribution in [1.29, 1.82) is 0 Å². The van der Waals surface area contributed by atoms with Gasteiger partial charge in [-0.15, -0.1) is 0 Å². The lowest BCUT2D eigenvalue weighted by atomic mass is 10.2. The normalized spacial score (nSPS) is 12.4. The zero-order valence-electron chi connectivity index (χ0n) is 8.96. The lowest BCUT2D eigenvalue weighted by molar-refractivity contribution is -0.127. The van der Waals surface area contributed by atoms with Gasteiger partial charge in [0.1, 0.15) is 0 Å². The molecule has 0 aliphatic heterocycles. The third-order valence-corrected chi connectivity index (χ3v) is 1.65. The van der Waals surface area contributed by atoms with E-state index >= 15 is 0 Å². The molecule has 0 aliphatic rings. The van der Waals surface area contributed by atoms with E-state index in [1.54, 1.807) is 0 Å². The van der Waals surface area contributed by atoms with Crippen LogP contribution in [0.4, 0.5) is 0 Å². The summed E-state index contributed by atoms with van der Waals surface area (Å²) in [5.41, 5.74) is 5.46. The Labute approximate surface area is 84.4 Å². The number of carbonyl (C=O) groups is 2. The molecule has 82 valence electrons. The lowest BCUT2D eigenvalue weighted by Crippen LogP contribution is -2.45. The molecule has 0 radical (unpaired) electrons. The van der Waals surface area contributed by atoms with Crippen molar-refractivity contribution in [2.45, 2.75) is 39.3 Å². The molecule has 2 amide bonds. The third-order valence-electron chi connectivity index (χ3n) is 1.65. The van der Waals surface area contributed by atoms with E-state index in [-0.39, 0.29) is 24.4 Å². The molecule has 0 bridgehead atoms. The fourth-order valence-electron chi connectivity index (χ4n) is 0.857. The van der Waals surface area contributed by atoms with Crippen LogP contribution in [-0.2, 0) is 9.59 Å². The summed E-state index contributed by atoms with van der Waals surface area (Å²) >= 11 is 0. The molecule has 0 rings (SSSR count). The van der Waals surface area contributed by atoms with Crippen molar-refractivity contribution in [3.63, 3.8) is 0 Å². The van der Waals surface area contributed by atoms with Crippen LogP contribution in [0.5, 0.6) is 0 Å². The molecule has 0 spiro atoms. The predicted molar refractivity (Wildman–Crippen MR) is 54.6 cm³/mol. The molecule has 0 saturated carbocycles. The van der Waals surface area contributed by atoms with Gasteiger partial charge in [0, 0.05) is 6.04 Å². The number of nitrogens with two attached hydrogens (primary N) is 1. The van der Waals surface area contributed by atoms with Crippen LogP contribution in [0.15, 0.2) is 0 Å². The molecule has 0 unspecified atom stereocenters. The van der Waals surface area contributed by atoms with Crippen molar-refractivity contribution in [1.82, 2.24) is 10.6 Å². The number of hydrogen-bond acceptors (Lipinski definition) is 3. The standard InChI is InChI=1S/C9H19N3O2/c1-4-7(10)9(14)11-5-8(13)12-6(2)3/h6-7H,4-5,10H2,1-3H3,(H,11,14)(H,12,13)/t7-/m1/s1. The molecular weight excluding hydrogens is 182 g/mol. The molecule has 14 heavy (non-hydrogen) atoms. The lowest BCUT2D eigenvalue weighted by Gasteiger charge is -2.11. The largest absolute Gasteiger partial charge is 0.352 e. The van der Waals surface area contributed by atoms with E-state index in [2.05, 4.69) is 10.6 Å². The minimum atomic E-state index is -0.526. The van der Waals surface area contributed by atoms with Crippen LogP contribution in [0.25, 0.3) is 0 Å². The first-order valence-electron chi connectivity index (χ1n) is 4.80. The van der Waals surface area contributed by atoms with Crippen molar-refractivity contribution >= 4 is 11.8 Å². The molecule has 0 aromatic heterocycles. The Morgan fingerprint density at radius 3 is 2.36 bits per heavy atom. The maximum atomic E-state index is 11.1. The number of hydrogen-bond donors (Lipinski definition) is 3. The van der Waals surface area contributed by atoms with E-state index in [4.69, 9.17) is 5.73 Å². The minimum Gasteiger partial charge on any atom is -0.352 e. The second-order valence-electron chi connectivity index (χ2n) is 3.45. The molecule has 5 nitrogen and oxygen atoms in total. The SMILES string of the molecule is CC[C@@H](N)C(=O)NCC(=O)NC(C)C. The van der Waals surface area contributed by atoms with Gasteiger partial charge in [-0.2, -0.15) is 0 Å². The molecule has 0 aliphatic carbocycles. The highest BCUT2D eigenvalue weighted by Crippen LogP contribution is 1.84. The Bertz CT molecular complexity index is 204. The van der Waals surface area contributed by atoms with Crippen molar-refractivity contribution in [2.75, 3.05) is 6.54 Å². The number of amides is 2. The van der Waals surface area contributed by atoms with Crippen LogP contribution in [0.1, 0.15) is 27.2 Å². The Balaban J connectivity index is 3.72. The van der Waals surface area contributed by atoms with E-state index in [0.29, 0.717) is 6.42 Å². The van der Waals surface area contributed by atoms with Gasteiger partial charge in [-0.1, -0.05) is 6.92 Å². The van der Waals surface area contributed by atoms with Gasteiger partial charge in [-0.25, -0.2) is 0 Å². The maximum Gasteiger partial charge on any atom is 0.239 e. The fourth-order valence-corrected chi connectivity index (χ4v) is 0.857. The molecule has 1 atom stereocenters. The van der Waals surface area contributed by atoms with Crippen molar-refractivity contribution in [3.8, 4) is 0 Å². The number of rotatable bonds is 5. The summed E-state index contributed by atoms with van der Waals surface area (Å²) in [6, 6.07) is -0.443. The summed E-state index contributed by atoms with van der Waals surface area (Å²) in [5.74, 6) is -0.483. The minimum absolute atomic E-state index is 0.00921. The molecule has 0 saturated heterocycles. The van der Waals surface area contributed by atoms with E-state index in [9.17, 15) is 9.59 Å². The van der Waals surface area contributed by atoms with Gasteiger partial charge in [0.05, 0.1) is 12.6 Å². The van der Waals surface area contributed by atoms with Crippen molar-refractivity contribution < 1.29 is 9.59 Å². The topological polar surface area (TPSA) is 84.2 Å². The first-order valence-corrected chi connectivity index (χ1v) is 4.80. The Hall–Kier alpha value is -1.10. The summed E-state index contributed by atoms with van der Waals surface area (Å²) in [7, 11) is 0. The monoisotopic (exact) mass is 201 g/mol. The summed E-state index contributed by atoms with van der Waals surface area (Å²) in [4.78, 5) is 22.3. The second kappa shape index (κ2) is 6.37. The highest BCUT2D eigenvalue weighted by atomic mass is 16.2. The van der Waals surface area contributed by atoms with E-state index in [1.165, 1.54) is 0 Å². The van der Waals surface area contributed by atoms with Crippen molar-refractivity contribution in [2.24, 2.45) is 5.73 Å². The summed E-state index contributed by atoms with van der Waals surface area (Å²) in [5, 5.41) is 5.12. The van der Waals surface area contributed by atoms with E-state index in [1.807, 2.05) is 20.8 Å². The quantitative estimate of drug-likeness (QED) is 0.553. The van der Waals surface area contributed by atoms with Gasteiger partial charge < -0.3 is 16.4 Å². The Morgan fingerprint density at radius 1 is 1.36 bits per heavy atom. The molecular formula is C9H19N3O2. The van der Waals surface area contributed by atoms with E-state index < -0.39 is 6.04 Å². The van der Waals surface area contributed by atoms with Crippen LogP contribution in [0.3, 0.4) is 0 Å². The first kappa shape index (κ1) is 12.9. The highest BCUT2D eigenvalue weighted by Gasteiger charge is 2.11. The van der Waals surface area contributed by atoms with Crippen LogP contribution in [-0.4, -0.2) is 30.4 Å². The zero-order valence-corrected chi connectivity index (χ0v) is 8.96. The predicted octanol–water partition coefficient (Wildman–Crippen LogP) is -0.635. The van der Waals surface area contributed by atoms with Gasteiger partial charge >= 0.3 is 0 Å². The maximum absolute atomic E-state index is 11.1. The Kier molecular flexibility index (Phi) is 5.87. The molecule has 0 aromatic carbocycles. The summed E-state index contributed by atoms with van der Waals surface area (Å²) < 4.78 is 0. The van der Waals surface area contributed by atoms with Gasteiger partial charge in [0.15, 0.2) is 0 Å². The van der Waals surface area contributed by atoms with Crippen LogP contribution >= 0.6 is 0 Å². The van der Waals surface area contributed by atoms with Crippen molar-refractivity contribution in [3.05, 3.63) is 0 Å². The molecule has 5 heteroatoms. The molecule has 0 fully saturated rings. The summed E-state index contributed by atoms with van der Waals surface area (Å²) in [6.07, 6.45) is 0.567. The molecule has 0 heterocycles. The Morgan fingerprint density at radius 2 is 1.93 bits per heavy atom. The van der Waals surface area contributed by atoms with Crippen LogP contribution in [0, 0.1) is 0 Å². The fraction of sp³-hybridized carbons (Fsp3) is 0.778. The van der Waals surface area contributed by atoms with E-state index in [0.717, 1.165) is 0 Å². The van der Waals surface area contributed by atoms with Crippen LogP contribution < -0.4 is 16.4 Å². The average Bonchev–Trinajstić information content (AvgIpc) is 2.11. The zero-order chi connectivity index (χ0) is 11.1. The van der Waals surface area contributed by atoms with Gasteiger partial charge in [-0.3, -0.25) is 9.59 Å². The van der Waals surface area contributed by atoms with Gasteiger partial charge in [0.25, 0.3) is 0 Å². The highest BCUT2D eigenvalue weighted by molar-refractivity contribution is 5.87. The summed E-state index contributed by atoms with van der Waals surface area (Å²) in [6.45, 7) is 5.53. The average molecular weight is 201 g/mol. The first-order chi connectivity index (χ1) is 6.47. The number of nitrogens with one attached hydrogen (secondary N) is 2. The van der Waals surface area contributed by atoms with Gasteiger partial charge in [0.2, 0.25) is 11.8 Å².